The number of carbonyl (C=O) groups excluding carboxylic acids is 2. The van der Waals surface area contributed by atoms with Gasteiger partial charge in [0.15, 0.2) is 0 Å². The second-order valence-corrected chi connectivity index (χ2v) is 4.49. The van der Waals surface area contributed by atoms with Gasteiger partial charge in [-0.2, -0.15) is 5.10 Å². The predicted molar refractivity (Wildman–Crippen MR) is 64.7 cm³/mol. The number of nitrogens with one attached hydrogen (secondary N) is 2. The van der Waals surface area contributed by atoms with E-state index >= 15 is 0 Å². The van der Waals surface area contributed by atoms with Crippen LogP contribution < -0.4 is 16.5 Å². The number of hydrogen-bond donors (Lipinski definition) is 3. The molecule has 3 atom stereocenters. The normalized spacial score (nSPS) is 31.1. The molecular formula is C11H18N4O3. The first-order valence-electron chi connectivity index (χ1n) is 6.15. The molecule has 1 aliphatic heterocycles. The first kappa shape index (κ1) is 13.0. The summed E-state index contributed by atoms with van der Waals surface area (Å²) in [5.41, 5.74) is 8.47. The summed E-state index contributed by atoms with van der Waals surface area (Å²) in [6, 6.07) is -0.248. The molecule has 2 amide bonds. The van der Waals surface area contributed by atoms with Gasteiger partial charge >= 0.3 is 0 Å². The van der Waals surface area contributed by atoms with Crippen molar-refractivity contribution in [3.63, 3.8) is 0 Å². The minimum Gasteiger partial charge on any atom is -0.376 e. The zero-order valence-electron chi connectivity index (χ0n) is 10.3. The van der Waals surface area contributed by atoms with Gasteiger partial charge in [0.1, 0.15) is 5.71 Å². The van der Waals surface area contributed by atoms with E-state index in [9.17, 15) is 9.59 Å². The third-order valence-corrected chi connectivity index (χ3v) is 3.21. The molecule has 0 aromatic carbocycles. The molecule has 0 saturated heterocycles. The van der Waals surface area contributed by atoms with E-state index in [2.05, 4.69) is 15.8 Å². The molecule has 2 aliphatic rings. The lowest BCUT2D eigenvalue weighted by molar-refractivity contribution is -0.121. The zero-order chi connectivity index (χ0) is 13.1. The highest BCUT2D eigenvalue weighted by molar-refractivity contribution is 6.39. The SMILES string of the molecule is CCOC1CC(N)C1NC(=O)C1=NNC(=O)CC1. The fourth-order valence-corrected chi connectivity index (χ4v) is 2.10. The Kier molecular flexibility index (Phi) is 3.93. The molecule has 1 fully saturated rings. The average Bonchev–Trinajstić information content (AvgIpc) is 2.36. The highest BCUT2D eigenvalue weighted by Gasteiger charge is 2.41. The zero-order valence-corrected chi connectivity index (χ0v) is 10.3. The predicted octanol–water partition coefficient (Wildman–Crippen LogP) is -1.13. The van der Waals surface area contributed by atoms with Crippen LogP contribution in [0.4, 0.5) is 0 Å². The molecule has 1 heterocycles. The summed E-state index contributed by atoms with van der Waals surface area (Å²) in [6.45, 7) is 2.50. The van der Waals surface area contributed by atoms with Gasteiger partial charge in [-0.05, 0) is 13.3 Å². The minimum atomic E-state index is -0.278. The van der Waals surface area contributed by atoms with Crippen molar-refractivity contribution in [1.82, 2.24) is 10.7 Å². The molecule has 3 unspecified atom stereocenters. The third kappa shape index (κ3) is 2.68. The fourth-order valence-electron chi connectivity index (χ4n) is 2.10. The maximum absolute atomic E-state index is 11.9. The van der Waals surface area contributed by atoms with E-state index in [0.717, 1.165) is 6.42 Å². The smallest absolute Gasteiger partial charge is 0.267 e. The first-order valence-corrected chi connectivity index (χ1v) is 6.15. The first-order chi connectivity index (χ1) is 8.61. The van der Waals surface area contributed by atoms with Gasteiger partial charge in [0.25, 0.3) is 5.91 Å². The fraction of sp³-hybridized carbons (Fsp3) is 0.727. The Morgan fingerprint density at radius 1 is 1.61 bits per heavy atom. The molecule has 2 rings (SSSR count). The van der Waals surface area contributed by atoms with Crippen molar-refractivity contribution in [2.24, 2.45) is 10.8 Å². The van der Waals surface area contributed by atoms with Crippen LogP contribution >= 0.6 is 0 Å². The number of carbonyl (C=O) groups is 2. The van der Waals surface area contributed by atoms with Gasteiger partial charge < -0.3 is 15.8 Å². The van der Waals surface area contributed by atoms with E-state index in [1.54, 1.807) is 0 Å². The van der Waals surface area contributed by atoms with Crippen LogP contribution in [0, 0.1) is 0 Å². The summed E-state index contributed by atoms with van der Waals surface area (Å²) in [5, 5.41) is 6.56. The Bertz CT molecular complexity index is 380. The standard InChI is InChI=1S/C11H18N4O3/c1-2-18-8-5-6(12)10(8)13-11(17)7-3-4-9(16)15-14-7/h6,8,10H,2-5,12H2,1H3,(H,13,17)(H,15,16). The maximum atomic E-state index is 11.9. The summed E-state index contributed by atoms with van der Waals surface area (Å²) in [7, 11) is 0. The summed E-state index contributed by atoms with van der Waals surface area (Å²) in [5.74, 6) is -0.445. The van der Waals surface area contributed by atoms with E-state index < -0.39 is 0 Å². The van der Waals surface area contributed by atoms with Crippen molar-refractivity contribution >= 4 is 17.5 Å². The summed E-state index contributed by atoms with van der Waals surface area (Å²) in [4.78, 5) is 22.8. The van der Waals surface area contributed by atoms with Gasteiger partial charge in [0, 0.05) is 25.5 Å². The van der Waals surface area contributed by atoms with Crippen molar-refractivity contribution in [2.45, 2.75) is 44.4 Å². The van der Waals surface area contributed by atoms with Crippen LogP contribution in [-0.4, -0.2) is 42.3 Å². The molecule has 7 nitrogen and oxygen atoms in total. The second kappa shape index (κ2) is 5.45. The van der Waals surface area contributed by atoms with Gasteiger partial charge in [0.2, 0.25) is 5.91 Å². The number of hydrogen-bond acceptors (Lipinski definition) is 5. The van der Waals surface area contributed by atoms with E-state index in [1.165, 1.54) is 0 Å². The molecule has 1 aliphatic carbocycles. The van der Waals surface area contributed by atoms with Crippen LogP contribution in [0.25, 0.3) is 0 Å². The molecule has 18 heavy (non-hydrogen) atoms. The van der Waals surface area contributed by atoms with Gasteiger partial charge in [-0.1, -0.05) is 0 Å². The van der Waals surface area contributed by atoms with Gasteiger partial charge in [-0.15, -0.1) is 0 Å². The maximum Gasteiger partial charge on any atom is 0.267 e. The number of nitrogens with two attached hydrogens (primary N) is 1. The highest BCUT2D eigenvalue weighted by Crippen LogP contribution is 2.22. The van der Waals surface area contributed by atoms with Crippen molar-refractivity contribution < 1.29 is 14.3 Å². The number of rotatable bonds is 4. The molecule has 0 bridgehead atoms. The van der Waals surface area contributed by atoms with E-state index in [4.69, 9.17) is 10.5 Å². The highest BCUT2D eigenvalue weighted by atomic mass is 16.5. The topological polar surface area (TPSA) is 106 Å². The van der Waals surface area contributed by atoms with E-state index in [0.29, 0.717) is 18.7 Å². The van der Waals surface area contributed by atoms with Gasteiger partial charge in [-0.25, -0.2) is 5.43 Å². The number of hydrazone groups is 1. The summed E-state index contributed by atoms with van der Waals surface area (Å²) >= 11 is 0. The van der Waals surface area contributed by atoms with E-state index in [1.807, 2.05) is 6.92 Å². The van der Waals surface area contributed by atoms with Crippen LogP contribution in [0.15, 0.2) is 5.10 Å². The third-order valence-electron chi connectivity index (χ3n) is 3.21. The molecule has 0 spiro atoms. The molecule has 0 aromatic rings. The number of amides is 2. The van der Waals surface area contributed by atoms with Crippen molar-refractivity contribution in [1.29, 1.82) is 0 Å². The van der Waals surface area contributed by atoms with Crippen LogP contribution in [0.1, 0.15) is 26.2 Å². The van der Waals surface area contributed by atoms with Crippen LogP contribution in [0.3, 0.4) is 0 Å². The largest absolute Gasteiger partial charge is 0.376 e. The quantitative estimate of drug-likeness (QED) is 0.590. The number of ether oxygens (including phenoxy) is 1. The molecule has 0 radical (unpaired) electrons. The molecule has 1 saturated carbocycles. The average molecular weight is 254 g/mol. The van der Waals surface area contributed by atoms with Crippen molar-refractivity contribution in [3.8, 4) is 0 Å². The monoisotopic (exact) mass is 254 g/mol. The Hall–Kier alpha value is -1.47. The summed E-state index contributed by atoms with van der Waals surface area (Å²) in [6.07, 6.45) is 1.38. The van der Waals surface area contributed by atoms with Gasteiger partial charge in [0.05, 0.1) is 12.1 Å². The molecule has 7 heteroatoms. The van der Waals surface area contributed by atoms with Crippen LogP contribution in [0.5, 0.6) is 0 Å². The van der Waals surface area contributed by atoms with Gasteiger partial charge in [-0.3, -0.25) is 9.59 Å². The lowest BCUT2D eigenvalue weighted by Gasteiger charge is -2.42. The Morgan fingerprint density at radius 2 is 2.39 bits per heavy atom. The Labute approximate surface area is 105 Å². The van der Waals surface area contributed by atoms with Crippen molar-refractivity contribution in [2.75, 3.05) is 6.61 Å². The van der Waals surface area contributed by atoms with Crippen molar-refractivity contribution in [3.05, 3.63) is 0 Å². The molecular weight excluding hydrogens is 236 g/mol. The van der Waals surface area contributed by atoms with Crippen LogP contribution in [-0.2, 0) is 14.3 Å². The Balaban J connectivity index is 1.89. The minimum absolute atomic E-state index is 0.0206. The van der Waals surface area contributed by atoms with Crippen LogP contribution in [0.2, 0.25) is 0 Å². The lowest BCUT2D eigenvalue weighted by Crippen LogP contribution is -2.65. The Morgan fingerprint density at radius 3 is 2.94 bits per heavy atom. The molecule has 100 valence electrons. The second-order valence-electron chi connectivity index (χ2n) is 4.49. The summed E-state index contributed by atoms with van der Waals surface area (Å²) < 4.78 is 5.46. The molecule has 4 N–H and O–H groups in total. The number of nitrogens with zero attached hydrogens (tertiary/aromatic N) is 1. The lowest BCUT2D eigenvalue weighted by atomic mass is 9.83. The van der Waals surface area contributed by atoms with E-state index in [-0.39, 0.29) is 36.4 Å². The molecule has 0 aromatic heterocycles.